The highest BCUT2D eigenvalue weighted by atomic mass is 16.1. The van der Waals surface area contributed by atoms with Crippen LogP contribution in [0.3, 0.4) is 0 Å². The largest absolute Gasteiger partial charge is 0.372 e. The molecule has 1 aromatic rings. The Hall–Kier alpha value is -1.77. The summed E-state index contributed by atoms with van der Waals surface area (Å²) in [6.07, 6.45) is 10.7. The van der Waals surface area contributed by atoms with Gasteiger partial charge in [-0.15, -0.1) is 0 Å². The second kappa shape index (κ2) is 11.8. The summed E-state index contributed by atoms with van der Waals surface area (Å²) in [5.41, 5.74) is 2.06. The average molecular weight is 316 g/mol. The first-order valence-electron chi connectivity index (χ1n) is 9.01. The molecule has 0 spiro atoms. The van der Waals surface area contributed by atoms with Gasteiger partial charge >= 0.3 is 0 Å². The van der Waals surface area contributed by atoms with Crippen LogP contribution >= 0.6 is 0 Å². The molecule has 0 atom stereocenters. The Labute approximate surface area is 141 Å². The lowest BCUT2D eigenvalue weighted by Gasteiger charge is -2.21. The maximum atomic E-state index is 11.9. The van der Waals surface area contributed by atoms with Crippen LogP contribution in [0.1, 0.15) is 59.3 Å². The number of benzene rings is 1. The fourth-order valence-electron chi connectivity index (χ4n) is 2.55. The van der Waals surface area contributed by atoms with E-state index >= 15 is 0 Å². The summed E-state index contributed by atoms with van der Waals surface area (Å²) in [6, 6.07) is 8.07. The van der Waals surface area contributed by atoms with Gasteiger partial charge in [0, 0.05) is 30.9 Å². The van der Waals surface area contributed by atoms with E-state index in [1.54, 1.807) is 0 Å². The molecule has 0 aliphatic heterocycles. The molecule has 3 nitrogen and oxygen atoms in total. The molecule has 1 amide bonds. The van der Waals surface area contributed by atoms with Crippen LogP contribution < -0.4 is 10.2 Å². The topological polar surface area (TPSA) is 32.3 Å². The van der Waals surface area contributed by atoms with Gasteiger partial charge in [-0.2, -0.15) is 0 Å². The minimum Gasteiger partial charge on any atom is -0.372 e. The first-order chi connectivity index (χ1) is 11.2. The first-order valence-corrected chi connectivity index (χ1v) is 9.01. The zero-order chi connectivity index (χ0) is 16.9. The number of allylic oxidation sites excluding steroid dienone is 1. The quantitative estimate of drug-likeness (QED) is 0.438. The second-order valence-corrected chi connectivity index (χ2v) is 5.79. The van der Waals surface area contributed by atoms with E-state index in [1.165, 1.54) is 31.4 Å². The summed E-state index contributed by atoms with van der Waals surface area (Å²) < 4.78 is 0. The molecule has 0 aromatic heterocycles. The van der Waals surface area contributed by atoms with E-state index < -0.39 is 0 Å². The third-order valence-electron chi connectivity index (χ3n) is 3.97. The van der Waals surface area contributed by atoms with Gasteiger partial charge in [0.15, 0.2) is 0 Å². The number of anilines is 2. The van der Waals surface area contributed by atoms with E-state index in [0.29, 0.717) is 6.42 Å². The van der Waals surface area contributed by atoms with E-state index in [-0.39, 0.29) is 5.91 Å². The Morgan fingerprint density at radius 2 is 1.70 bits per heavy atom. The van der Waals surface area contributed by atoms with Crippen molar-refractivity contribution >= 4 is 17.3 Å². The van der Waals surface area contributed by atoms with Gasteiger partial charge in [-0.3, -0.25) is 4.79 Å². The minimum absolute atomic E-state index is 0.0467. The maximum Gasteiger partial charge on any atom is 0.228 e. The predicted molar refractivity (Wildman–Crippen MR) is 101 cm³/mol. The van der Waals surface area contributed by atoms with Gasteiger partial charge in [0.1, 0.15) is 0 Å². The van der Waals surface area contributed by atoms with E-state index in [0.717, 1.165) is 25.2 Å². The Morgan fingerprint density at radius 3 is 2.30 bits per heavy atom. The normalized spacial score (nSPS) is 10.9. The SMILES string of the molecule is CCCCCC/C=C/CC(=O)Nc1ccc(N(CC)CC)cc1. The highest BCUT2D eigenvalue weighted by molar-refractivity contribution is 5.91. The average Bonchev–Trinajstić information content (AvgIpc) is 2.56. The number of nitrogens with one attached hydrogen (secondary N) is 1. The third kappa shape index (κ3) is 7.87. The molecule has 3 heteroatoms. The summed E-state index contributed by atoms with van der Waals surface area (Å²) in [5.74, 6) is 0.0467. The number of unbranched alkanes of at least 4 members (excludes halogenated alkanes) is 4. The highest BCUT2D eigenvalue weighted by Crippen LogP contribution is 2.17. The Balaban J connectivity index is 2.32. The lowest BCUT2D eigenvalue weighted by molar-refractivity contribution is -0.115. The summed E-state index contributed by atoms with van der Waals surface area (Å²) in [4.78, 5) is 14.2. The lowest BCUT2D eigenvalue weighted by Crippen LogP contribution is -2.21. The van der Waals surface area contributed by atoms with Crippen LogP contribution in [0.15, 0.2) is 36.4 Å². The van der Waals surface area contributed by atoms with Crippen LogP contribution in [0.2, 0.25) is 0 Å². The fraction of sp³-hybridized carbons (Fsp3) is 0.550. The van der Waals surface area contributed by atoms with Crippen LogP contribution in [-0.4, -0.2) is 19.0 Å². The van der Waals surface area contributed by atoms with Gasteiger partial charge in [0.05, 0.1) is 0 Å². The van der Waals surface area contributed by atoms with Crippen molar-refractivity contribution in [3.63, 3.8) is 0 Å². The standard InChI is InChI=1S/C20H32N2O/c1-4-7-8-9-10-11-12-13-20(23)21-18-14-16-19(17-15-18)22(5-2)6-3/h11-12,14-17H,4-10,13H2,1-3H3,(H,21,23)/b12-11+. The zero-order valence-corrected chi connectivity index (χ0v) is 15.0. The van der Waals surface area contributed by atoms with Crippen molar-refractivity contribution in [2.24, 2.45) is 0 Å². The predicted octanol–water partition coefficient (Wildman–Crippen LogP) is 5.39. The molecule has 0 unspecified atom stereocenters. The summed E-state index contributed by atoms with van der Waals surface area (Å²) >= 11 is 0. The molecule has 0 aliphatic rings. The molecule has 1 rings (SSSR count). The molecule has 0 bridgehead atoms. The van der Waals surface area contributed by atoms with Gasteiger partial charge in [0.2, 0.25) is 5.91 Å². The fourth-order valence-corrected chi connectivity index (χ4v) is 2.55. The Bertz CT molecular complexity index is 461. The molecule has 0 fully saturated rings. The molecule has 1 N–H and O–H groups in total. The van der Waals surface area contributed by atoms with Gasteiger partial charge < -0.3 is 10.2 Å². The van der Waals surface area contributed by atoms with E-state index in [9.17, 15) is 4.79 Å². The van der Waals surface area contributed by atoms with Gasteiger partial charge in [0.25, 0.3) is 0 Å². The van der Waals surface area contributed by atoms with Crippen LogP contribution in [0.4, 0.5) is 11.4 Å². The van der Waals surface area contributed by atoms with Crippen molar-refractivity contribution in [3.8, 4) is 0 Å². The molecular formula is C20H32N2O. The summed E-state index contributed by atoms with van der Waals surface area (Å²) in [7, 11) is 0. The number of amides is 1. The number of rotatable bonds is 11. The minimum atomic E-state index is 0.0467. The van der Waals surface area contributed by atoms with Gasteiger partial charge in [-0.05, 0) is 51.0 Å². The smallest absolute Gasteiger partial charge is 0.228 e. The molecule has 128 valence electrons. The molecule has 0 radical (unpaired) electrons. The number of carbonyl (C=O) groups excluding carboxylic acids is 1. The van der Waals surface area contributed by atoms with Crippen molar-refractivity contribution in [1.82, 2.24) is 0 Å². The second-order valence-electron chi connectivity index (χ2n) is 5.79. The molecule has 23 heavy (non-hydrogen) atoms. The maximum absolute atomic E-state index is 11.9. The molecule has 0 aliphatic carbocycles. The van der Waals surface area contributed by atoms with Crippen molar-refractivity contribution in [3.05, 3.63) is 36.4 Å². The van der Waals surface area contributed by atoms with Crippen LogP contribution in [-0.2, 0) is 4.79 Å². The van der Waals surface area contributed by atoms with Crippen LogP contribution in [0, 0.1) is 0 Å². The summed E-state index contributed by atoms with van der Waals surface area (Å²) in [5, 5.41) is 2.95. The Kier molecular flexibility index (Phi) is 9.85. The molecule has 0 heterocycles. The van der Waals surface area contributed by atoms with E-state index in [4.69, 9.17) is 0 Å². The highest BCUT2D eigenvalue weighted by Gasteiger charge is 2.03. The molecular weight excluding hydrogens is 284 g/mol. The van der Waals surface area contributed by atoms with Crippen molar-refractivity contribution in [2.45, 2.75) is 59.3 Å². The monoisotopic (exact) mass is 316 g/mol. The Morgan fingerprint density at radius 1 is 1.00 bits per heavy atom. The third-order valence-corrected chi connectivity index (χ3v) is 3.97. The number of hydrogen-bond acceptors (Lipinski definition) is 2. The van der Waals surface area contributed by atoms with Crippen molar-refractivity contribution in [2.75, 3.05) is 23.3 Å². The van der Waals surface area contributed by atoms with Crippen LogP contribution in [0.25, 0.3) is 0 Å². The van der Waals surface area contributed by atoms with Crippen molar-refractivity contribution < 1.29 is 4.79 Å². The number of nitrogens with zero attached hydrogens (tertiary/aromatic N) is 1. The van der Waals surface area contributed by atoms with E-state index in [1.807, 2.05) is 18.2 Å². The molecule has 1 aromatic carbocycles. The summed E-state index contributed by atoms with van der Waals surface area (Å²) in [6.45, 7) is 8.49. The van der Waals surface area contributed by atoms with Gasteiger partial charge in [-0.25, -0.2) is 0 Å². The molecule has 0 saturated carbocycles. The number of hydrogen-bond donors (Lipinski definition) is 1. The van der Waals surface area contributed by atoms with Crippen molar-refractivity contribution in [1.29, 1.82) is 0 Å². The van der Waals surface area contributed by atoms with Gasteiger partial charge in [-0.1, -0.05) is 38.3 Å². The van der Waals surface area contributed by atoms with Crippen LogP contribution in [0.5, 0.6) is 0 Å². The molecule has 0 saturated heterocycles. The van der Waals surface area contributed by atoms with E-state index in [2.05, 4.69) is 49.2 Å². The number of carbonyl (C=O) groups is 1. The zero-order valence-electron chi connectivity index (χ0n) is 15.0. The first kappa shape index (κ1) is 19.3. The lowest BCUT2D eigenvalue weighted by atomic mass is 10.1.